The zero-order chi connectivity index (χ0) is 19.3. The maximum Gasteiger partial charge on any atom is 0.243 e. The highest BCUT2D eigenvalue weighted by atomic mass is 32.2. The Bertz CT molecular complexity index is 715. The summed E-state index contributed by atoms with van der Waals surface area (Å²) in [7, 11) is -3.62. The average Bonchev–Trinajstić information content (AvgIpc) is 3.18. The first-order valence-corrected chi connectivity index (χ1v) is 11.5. The number of hydrogen-bond acceptors (Lipinski definition) is 4. The molecule has 7 heteroatoms. The molecular formula is C20H31N3O3S. The minimum Gasteiger partial charge on any atom is -0.355 e. The lowest BCUT2D eigenvalue weighted by Crippen LogP contribution is -2.46. The van der Waals surface area contributed by atoms with Crippen molar-refractivity contribution in [3.63, 3.8) is 0 Å². The van der Waals surface area contributed by atoms with E-state index in [4.69, 9.17) is 0 Å². The van der Waals surface area contributed by atoms with Crippen LogP contribution in [0.2, 0.25) is 0 Å². The largest absolute Gasteiger partial charge is 0.355 e. The second-order valence-electron chi connectivity index (χ2n) is 7.76. The van der Waals surface area contributed by atoms with E-state index in [2.05, 4.69) is 17.1 Å². The van der Waals surface area contributed by atoms with Crippen LogP contribution in [0.3, 0.4) is 0 Å². The van der Waals surface area contributed by atoms with Gasteiger partial charge in [-0.3, -0.25) is 4.79 Å². The molecule has 2 fully saturated rings. The Morgan fingerprint density at radius 3 is 2.52 bits per heavy atom. The highest BCUT2D eigenvalue weighted by molar-refractivity contribution is 7.89. The molecule has 2 aliphatic rings. The van der Waals surface area contributed by atoms with Crippen LogP contribution in [-0.2, 0) is 14.8 Å². The van der Waals surface area contributed by atoms with Gasteiger partial charge in [-0.2, -0.15) is 4.31 Å². The summed E-state index contributed by atoms with van der Waals surface area (Å²) in [6.45, 7) is 6.57. The van der Waals surface area contributed by atoms with Gasteiger partial charge >= 0.3 is 0 Å². The van der Waals surface area contributed by atoms with E-state index in [0.29, 0.717) is 19.5 Å². The average molecular weight is 394 g/mol. The maximum absolute atomic E-state index is 12.9. The molecule has 2 heterocycles. The van der Waals surface area contributed by atoms with Crippen molar-refractivity contribution in [3.8, 4) is 0 Å². The molecule has 27 heavy (non-hydrogen) atoms. The van der Waals surface area contributed by atoms with E-state index >= 15 is 0 Å². The Labute approximate surface area is 163 Å². The van der Waals surface area contributed by atoms with E-state index in [1.807, 2.05) is 0 Å². The summed E-state index contributed by atoms with van der Waals surface area (Å²) in [4.78, 5) is 15.3. The van der Waals surface area contributed by atoms with E-state index < -0.39 is 16.1 Å². The molecule has 0 saturated carbocycles. The third-order valence-electron chi connectivity index (χ3n) is 5.68. The first-order chi connectivity index (χ1) is 13.0. The summed E-state index contributed by atoms with van der Waals surface area (Å²) < 4.78 is 27.1. The number of nitrogens with one attached hydrogen (secondary N) is 1. The van der Waals surface area contributed by atoms with Gasteiger partial charge in [0.15, 0.2) is 0 Å². The van der Waals surface area contributed by atoms with Gasteiger partial charge in [0.05, 0.1) is 4.90 Å². The first-order valence-electron chi connectivity index (χ1n) is 10.1. The molecule has 0 bridgehead atoms. The molecule has 150 valence electrons. The van der Waals surface area contributed by atoms with Crippen LogP contribution < -0.4 is 5.32 Å². The SMILES string of the molecule is CC1CCN(CCCNC(=O)C2CCCN2S(=O)(=O)c2ccccc2)CC1. The quantitative estimate of drug-likeness (QED) is 0.720. The molecule has 0 aliphatic carbocycles. The summed E-state index contributed by atoms with van der Waals surface area (Å²) in [5, 5.41) is 2.95. The summed E-state index contributed by atoms with van der Waals surface area (Å²) in [6.07, 6.45) is 4.71. The van der Waals surface area contributed by atoms with Gasteiger partial charge in [0.2, 0.25) is 15.9 Å². The van der Waals surface area contributed by atoms with E-state index in [9.17, 15) is 13.2 Å². The molecule has 1 aromatic carbocycles. The fourth-order valence-corrected chi connectivity index (χ4v) is 5.61. The zero-order valence-electron chi connectivity index (χ0n) is 16.1. The predicted molar refractivity (Wildman–Crippen MR) is 106 cm³/mol. The molecule has 1 amide bonds. The number of hydrogen-bond donors (Lipinski definition) is 1. The number of likely N-dealkylation sites (tertiary alicyclic amines) is 1. The molecule has 1 aromatic rings. The fourth-order valence-electron chi connectivity index (χ4n) is 3.94. The number of benzene rings is 1. The van der Waals surface area contributed by atoms with Crippen LogP contribution in [0.5, 0.6) is 0 Å². The summed E-state index contributed by atoms with van der Waals surface area (Å²) in [6, 6.07) is 7.78. The van der Waals surface area contributed by atoms with Crippen LogP contribution in [0.4, 0.5) is 0 Å². The molecule has 1 unspecified atom stereocenters. The zero-order valence-corrected chi connectivity index (χ0v) is 17.0. The van der Waals surface area contributed by atoms with Crippen molar-refractivity contribution in [1.82, 2.24) is 14.5 Å². The van der Waals surface area contributed by atoms with Gasteiger partial charge in [-0.25, -0.2) is 8.42 Å². The van der Waals surface area contributed by atoms with Crippen molar-refractivity contribution in [2.24, 2.45) is 5.92 Å². The number of nitrogens with zero attached hydrogens (tertiary/aromatic N) is 2. The second kappa shape index (κ2) is 9.17. The number of amides is 1. The van der Waals surface area contributed by atoms with Crippen molar-refractivity contribution in [2.75, 3.05) is 32.7 Å². The van der Waals surface area contributed by atoms with Gasteiger partial charge < -0.3 is 10.2 Å². The van der Waals surface area contributed by atoms with Crippen LogP contribution in [0.25, 0.3) is 0 Å². The summed E-state index contributed by atoms with van der Waals surface area (Å²) in [5.74, 6) is 0.653. The van der Waals surface area contributed by atoms with Crippen molar-refractivity contribution < 1.29 is 13.2 Å². The monoisotopic (exact) mass is 393 g/mol. The Balaban J connectivity index is 1.49. The Kier molecular flexibility index (Phi) is 6.89. The Morgan fingerprint density at radius 2 is 1.81 bits per heavy atom. The fraction of sp³-hybridized carbons (Fsp3) is 0.650. The summed E-state index contributed by atoms with van der Waals surface area (Å²) in [5.41, 5.74) is 0. The van der Waals surface area contributed by atoms with Crippen LogP contribution in [0.1, 0.15) is 39.0 Å². The standard InChI is InChI=1S/C20H31N3O3S/c1-17-10-15-22(16-11-17)13-6-12-21-20(24)19-9-5-14-23(19)27(25,26)18-7-3-2-4-8-18/h2-4,7-8,17,19H,5-6,9-16H2,1H3,(H,21,24). The Morgan fingerprint density at radius 1 is 1.11 bits per heavy atom. The molecule has 0 aromatic heterocycles. The van der Waals surface area contributed by atoms with Crippen molar-refractivity contribution in [2.45, 2.75) is 50.0 Å². The Hall–Kier alpha value is -1.44. The van der Waals surface area contributed by atoms with Crippen molar-refractivity contribution >= 4 is 15.9 Å². The molecule has 2 aliphatic heterocycles. The van der Waals surface area contributed by atoms with Gasteiger partial charge in [0.1, 0.15) is 6.04 Å². The minimum atomic E-state index is -3.62. The third kappa shape index (κ3) is 5.09. The lowest BCUT2D eigenvalue weighted by Gasteiger charge is -2.30. The normalized spacial score (nSPS) is 22.8. The number of carbonyl (C=O) groups excluding carboxylic acids is 1. The number of piperidine rings is 1. The lowest BCUT2D eigenvalue weighted by molar-refractivity contribution is -0.124. The molecule has 3 rings (SSSR count). The molecule has 2 saturated heterocycles. The van der Waals surface area contributed by atoms with Gasteiger partial charge in [0, 0.05) is 13.1 Å². The molecule has 0 radical (unpaired) electrons. The number of rotatable bonds is 7. The van der Waals surface area contributed by atoms with E-state index in [1.165, 1.54) is 17.1 Å². The molecular weight excluding hydrogens is 362 g/mol. The van der Waals surface area contributed by atoms with Crippen LogP contribution in [0, 0.1) is 5.92 Å². The van der Waals surface area contributed by atoms with Gasteiger partial charge in [0.25, 0.3) is 0 Å². The van der Waals surface area contributed by atoms with E-state index in [-0.39, 0.29) is 10.8 Å². The predicted octanol–water partition coefficient (Wildman–Crippen LogP) is 2.08. The van der Waals surface area contributed by atoms with Crippen molar-refractivity contribution in [3.05, 3.63) is 30.3 Å². The van der Waals surface area contributed by atoms with Crippen LogP contribution in [0.15, 0.2) is 35.2 Å². The number of carbonyl (C=O) groups is 1. The topological polar surface area (TPSA) is 69.7 Å². The minimum absolute atomic E-state index is 0.167. The van der Waals surface area contributed by atoms with Gasteiger partial charge in [-0.1, -0.05) is 25.1 Å². The summed E-state index contributed by atoms with van der Waals surface area (Å²) >= 11 is 0. The molecule has 1 N–H and O–H groups in total. The molecule has 0 spiro atoms. The number of sulfonamides is 1. The van der Waals surface area contributed by atoms with Crippen LogP contribution >= 0.6 is 0 Å². The van der Waals surface area contributed by atoms with Crippen molar-refractivity contribution in [1.29, 1.82) is 0 Å². The highest BCUT2D eigenvalue weighted by Gasteiger charge is 2.39. The second-order valence-corrected chi connectivity index (χ2v) is 9.65. The highest BCUT2D eigenvalue weighted by Crippen LogP contribution is 2.26. The van der Waals surface area contributed by atoms with E-state index in [1.54, 1.807) is 30.3 Å². The third-order valence-corrected chi connectivity index (χ3v) is 7.61. The van der Waals surface area contributed by atoms with Crippen LogP contribution in [-0.4, -0.2) is 62.3 Å². The van der Waals surface area contributed by atoms with E-state index in [0.717, 1.165) is 38.4 Å². The lowest BCUT2D eigenvalue weighted by atomic mass is 9.99. The van der Waals surface area contributed by atoms with Gasteiger partial charge in [-0.05, 0) is 69.8 Å². The maximum atomic E-state index is 12.9. The smallest absolute Gasteiger partial charge is 0.243 e. The van der Waals surface area contributed by atoms with Gasteiger partial charge in [-0.15, -0.1) is 0 Å². The molecule has 6 nitrogen and oxygen atoms in total. The first kappa shape index (κ1) is 20.3. The molecule has 1 atom stereocenters.